The molecule has 126 valence electrons. The van der Waals surface area contributed by atoms with Crippen LogP contribution in [-0.4, -0.2) is 25.9 Å². The van der Waals surface area contributed by atoms with Crippen LogP contribution >= 0.6 is 0 Å². The molecule has 0 spiro atoms. The number of nitrogens with zero attached hydrogens (tertiary/aromatic N) is 1. The molecule has 0 radical (unpaired) electrons. The van der Waals surface area contributed by atoms with Crippen LogP contribution in [-0.2, 0) is 10.3 Å². The predicted octanol–water partition coefficient (Wildman–Crippen LogP) is 2.26. The van der Waals surface area contributed by atoms with E-state index in [9.17, 15) is 13.6 Å². The van der Waals surface area contributed by atoms with Crippen molar-refractivity contribution in [1.29, 1.82) is 0 Å². The molecule has 3 N–H and O–H groups in total. The van der Waals surface area contributed by atoms with E-state index in [4.69, 9.17) is 5.73 Å². The van der Waals surface area contributed by atoms with Crippen LogP contribution in [0.15, 0.2) is 59.6 Å². The van der Waals surface area contributed by atoms with Gasteiger partial charge in [-0.1, -0.05) is 42.5 Å². The van der Waals surface area contributed by atoms with Crippen LogP contribution in [0.3, 0.4) is 0 Å². The van der Waals surface area contributed by atoms with Crippen molar-refractivity contribution >= 4 is 12.6 Å². The van der Waals surface area contributed by atoms with E-state index in [-0.39, 0.29) is 12.4 Å². The lowest BCUT2D eigenvalue weighted by Crippen LogP contribution is -2.45. The molecule has 2 aromatic rings. The van der Waals surface area contributed by atoms with Crippen LogP contribution in [0.2, 0.25) is 0 Å². The average Bonchev–Trinajstić information content (AvgIpc) is 2.58. The molecule has 5 nitrogen and oxygen atoms in total. The topological polar surface area (TPSA) is 76.7 Å². The average molecular weight is 333 g/mol. The minimum absolute atomic E-state index is 0.0148. The number of carbonyl (C=O) groups is 1. The van der Waals surface area contributed by atoms with Crippen molar-refractivity contribution in [3.63, 3.8) is 0 Å². The van der Waals surface area contributed by atoms with E-state index >= 15 is 0 Å². The molecule has 1 atom stereocenters. The Morgan fingerprint density at radius 1 is 1.17 bits per heavy atom. The molecule has 1 unspecified atom stereocenters. The summed E-state index contributed by atoms with van der Waals surface area (Å²) in [6, 6.07) is 14.5. The van der Waals surface area contributed by atoms with Crippen molar-refractivity contribution in [3.8, 4) is 5.75 Å². The number of ether oxygens (including phenoxy) is 1. The highest BCUT2D eigenvalue weighted by Crippen LogP contribution is 2.35. The van der Waals surface area contributed by atoms with Gasteiger partial charge in [0, 0.05) is 0 Å². The van der Waals surface area contributed by atoms with Gasteiger partial charge in [0.05, 0.1) is 6.67 Å². The zero-order chi connectivity index (χ0) is 17.6. The molecule has 0 heterocycles. The minimum Gasteiger partial charge on any atom is -0.435 e. The van der Waals surface area contributed by atoms with Crippen LogP contribution < -0.4 is 15.8 Å². The summed E-state index contributed by atoms with van der Waals surface area (Å²) in [7, 11) is 0. The van der Waals surface area contributed by atoms with Gasteiger partial charge in [0.1, 0.15) is 5.75 Å². The molecular formula is C17H17F2N3O2. The lowest BCUT2D eigenvalue weighted by Gasteiger charge is -2.29. The van der Waals surface area contributed by atoms with Gasteiger partial charge in [-0.25, -0.2) is 0 Å². The first-order chi connectivity index (χ1) is 11.5. The summed E-state index contributed by atoms with van der Waals surface area (Å²) in [5.41, 5.74) is 5.01. The van der Waals surface area contributed by atoms with Gasteiger partial charge in [0.15, 0.2) is 5.54 Å². The van der Waals surface area contributed by atoms with E-state index in [1.54, 1.807) is 30.3 Å². The molecule has 0 aliphatic heterocycles. The van der Waals surface area contributed by atoms with E-state index in [0.717, 1.165) is 0 Å². The van der Waals surface area contributed by atoms with Crippen molar-refractivity contribution in [1.82, 2.24) is 5.32 Å². The van der Waals surface area contributed by atoms with Crippen molar-refractivity contribution in [2.45, 2.75) is 12.2 Å². The van der Waals surface area contributed by atoms with Crippen LogP contribution in [0.25, 0.3) is 0 Å². The van der Waals surface area contributed by atoms with E-state index in [0.29, 0.717) is 11.1 Å². The Kier molecular flexibility index (Phi) is 5.59. The Labute approximate surface area is 138 Å². The number of halogens is 2. The Morgan fingerprint density at radius 2 is 1.75 bits per heavy atom. The fraction of sp³-hybridized carbons (Fsp3) is 0.176. The number of nitrogens with one attached hydrogen (secondary N) is 1. The van der Waals surface area contributed by atoms with Gasteiger partial charge in [0.2, 0.25) is 0 Å². The molecule has 0 aromatic heterocycles. The summed E-state index contributed by atoms with van der Waals surface area (Å²) >= 11 is 0. The maximum atomic E-state index is 12.7. The van der Waals surface area contributed by atoms with E-state index in [2.05, 4.69) is 21.8 Å². The molecule has 0 aliphatic carbocycles. The molecule has 1 amide bonds. The van der Waals surface area contributed by atoms with Crippen LogP contribution in [0, 0.1) is 0 Å². The molecule has 24 heavy (non-hydrogen) atoms. The molecule has 2 aromatic carbocycles. The largest absolute Gasteiger partial charge is 0.435 e. The summed E-state index contributed by atoms with van der Waals surface area (Å²) in [6.45, 7) is 0.560. The van der Waals surface area contributed by atoms with Gasteiger partial charge in [-0.3, -0.25) is 9.79 Å². The Balaban J connectivity index is 2.53. The number of alkyl halides is 2. The second kappa shape index (κ2) is 7.65. The monoisotopic (exact) mass is 333 g/mol. The minimum atomic E-state index is -2.92. The van der Waals surface area contributed by atoms with E-state index in [1.165, 1.54) is 24.3 Å². The van der Waals surface area contributed by atoms with Crippen LogP contribution in [0.5, 0.6) is 5.75 Å². The van der Waals surface area contributed by atoms with E-state index < -0.39 is 18.1 Å². The third-order valence-electron chi connectivity index (χ3n) is 3.52. The molecule has 7 heteroatoms. The fourth-order valence-electron chi connectivity index (χ4n) is 2.46. The normalized spacial score (nSPS) is 13.2. The second-order valence-electron chi connectivity index (χ2n) is 4.85. The maximum Gasteiger partial charge on any atom is 0.387 e. The summed E-state index contributed by atoms with van der Waals surface area (Å²) in [5, 5.41) is 2.54. The summed E-state index contributed by atoms with van der Waals surface area (Å²) in [4.78, 5) is 16.7. The third-order valence-corrected chi connectivity index (χ3v) is 3.52. The first-order valence-corrected chi connectivity index (χ1v) is 7.11. The summed E-state index contributed by atoms with van der Waals surface area (Å²) in [5.74, 6) is -0.479. The lowest BCUT2D eigenvalue weighted by atomic mass is 9.82. The summed E-state index contributed by atoms with van der Waals surface area (Å²) < 4.78 is 28.9. The third kappa shape index (κ3) is 3.41. The molecule has 2 rings (SSSR count). The highest BCUT2D eigenvalue weighted by Gasteiger charge is 2.40. The molecule has 0 saturated carbocycles. The predicted molar refractivity (Wildman–Crippen MR) is 87.0 cm³/mol. The molecule has 0 fully saturated rings. The second-order valence-corrected chi connectivity index (χ2v) is 4.85. The lowest BCUT2D eigenvalue weighted by molar-refractivity contribution is -0.125. The van der Waals surface area contributed by atoms with Crippen molar-refractivity contribution in [2.75, 3.05) is 6.67 Å². The van der Waals surface area contributed by atoms with E-state index in [1.807, 2.05) is 0 Å². The Morgan fingerprint density at radius 3 is 2.25 bits per heavy atom. The zero-order valence-electron chi connectivity index (χ0n) is 12.8. The number of carbonyl (C=O) groups excluding carboxylic acids is 1. The van der Waals surface area contributed by atoms with Crippen LogP contribution in [0.1, 0.15) is 11.1 Å². The molecular weight excluding hydrogens is 316 g/mol. The number of hydrogen-bond acceptors (Lipinski definition) is 4. The summed E-state index contributed by atoms with van der Waals surface area (Å²) in [6.07, 6.45) is 0. The smallest absolute Gasteiger partial charge is 0.387 e. The van der Waals surface area contributed by atoms with Gasteiger partial charge in [-0.2, -0.15) is 8.78 Å². The van der Waals surface area contributed by atoms with Gasteiger partial charge >= 0.3 is 6.61 Å². The first-order valence-electron chi connectivity index (χ1n) is 7.11. The van der Waals surface area contributed by atoms with Crippen molar-refractivity contribution in [2.24, 2.45) is 10.7 Å². The van der Waals surface area contributed by atoms with Gasteiger partial charge < -0.3 is 15.8 Å². The molecule has 0 aliphatic rings. The zero-order valence-corrected chi connectivity index (χ0v) is 12.8. The number of rotatable bonds is 7. The molecule has 0 saturated heterocycles. The first kappa shape index (κ1) is 17.6. The Bertz CT molecular complexity index is 693. The number of amides is 1. The van der Waals surface area contributed by atoms with Crippen molar-refractivity contribution < 1.29 is 18.3 Å². The number of hydrogen-bond donors (Lipinski definition) is 2. The molecule has 0 bridgehead atoms. The quantitative estimate of drug-likeness (QED) is 0.603. The number of nitrogens with two attached hydrogens (primary N) is 1. The number of aliphatic imine (C=N–C) groups is 1. The Hall–Kier alpha value is -2.80. The van der Waals surface area contributed by atoms with Crippen molar-refractivity contribution in [3.05, 3.63) is 65.7 Å². The fourth-order valence-corrected chi connectivity index (χ4v) is 2.46. The van der Waals surface area contributed by atoms with Gasteiger partial charge in [0.25, 0.3) is 5.91 Å². The highest BCUT2D eigenvalue weighted by molar-refractivity contribution is 5.92. The SMILES string of the molecule is C=NC(C(=O)NCN)(c1ccccc1)c1ccc(OC(F)F)cc1. The standard InChI is InChI=1S/C17H17F2N3O2/c1-21-17(15(23)22-11-20,12-5-3-2-4-6-12)13-7-9-14(10-8-13)24-16(18)19/h2-10,16H,1,11,20H2,(H,22,23). The number of benzene rings is 2. The van der Waals surface area contributed by atoms with Crippen LogP contribution in [0.4, 0.5) is 8.78 Å². The van der Waals surface area contributed by atoms with Gasteiger partial charge in [-0.05, 0) is 30.0 Å². The van der Waals surface area contributed by atoms with Gasteiger partial charge in [-0.15, -0.1) is 0 Å². The maximum absolute atomic E-state index is 12.7. The highest BCUT2D eigenvalue weighted by atomic mass is 19.3.